The number of hydrogen-bond acceptors (Lipinski definition) is 4. The van der Waals surface area contributed by atoms with Crippen LogP contribution in [0.25, 0.3) is 0 Å². The van der Waals surface area contributed by atoms with Gasteiger partial charge in [-0.1, -0.05) is 34.4 Å². The van der Waals surface area contributed by atoms with E-state index in [-0.39, 0.29) is 5.69 Å². The lowest BCUT2D eigenvalue weighted by Crippen LogP contribution is -2.07. The fourth-order valence-electron chi connectivity index (χ4n) is 1.58. The highest BCUT2D eigenvalue weighted by molar-refractivity contribution is 14.1. The van der Waals surface area contributed by atoms with Crippen molar-refractivity contribution in [3.05, 3.63) is 49.3 Å². The van der Waals surface area contributed by atoms with E-state index in [9.17, 15) is 4.79 Å². The predicted octanol–water partition coefficient (Wildman–Crippen LogP) is 3.91. The lowest BCUT2D eigenvalue weighted by Gasteiger charge is -2.03. The third kappa shape index (κ3) is 3.96. The number of carbonyl (C=O) groups is 1. The first-order chi connectivity index (χ1) is 9.88. The summed E-state index contributed by atoms with van der Waals surface area (Å²) < 4.78 is 2.22. The number of oxime groups is 1. The highest BCUT2D eigenvalue weighted by atomic mass is 127. The summed E-state index contributed by atoms with van der Waals surface area (Å²) in [6.07, 6.45) is 1.71. The molecule has 0 aliphatic heterocycles. The molecule has 1 aromatic carbocycles. The molecule has 0 N–H and O–H groups in total. The molecular formula is C13H10Cl2IN3O2. The van der Waals surface area contributed by atoms with E-state index in [4.69, 9.17) is 28.0 Å². The zero-order valence-corrected chi connectivity index (χ0v) is 14.8. The van der Waals surface area contributed by atoms with Crippen LogP contribution in [0.5, 0.6) is 0 Å². The van der Waals surface area contributed by atoms with Crippen LogP contribution in [0.2, 0.25) is 10.0 Å². The summed E-state index contributed by atoms with van der Waals surface area (Å²) >= 11 is 13.9. The van der Waals surface area contributed by atoms with Gasteiger partial charge in [0, 0.05) is 23.8 Å². The third-order valence-corrected chi connectivity index (χ3v) is 3.90. The van der Waals surface area contributed by atoms with Crippen molar-refractivity contribution in [2.75, 3.05) is 0 Å². The van der Waals surface area contributed by atoms with E-state index in [2.05, 4.69) is 10.3 Å². The Hall–Kier alpha value is -1.12. The Balaban J connectivity index is 2.17. The van der Waals surface area contributed by atoms with E-state index in [1.165, 1.54) is 4.68 Å². The van der Waals surface area contributed by atoms with Gasteiger partial charge in [0.1, 0.15) is 0 Å². The first-order valence-corrected chi connectivity index (χ1v) is 7.62. The quantitative estimate of drug-likeness (QED) is 0.316. The second-order valence-electron chi connectivity index (χ2n) is 4.18. The second-order valence-corrected chi connectivity index (χ2v) is 6.18. The Morgan fingerprint density at radius 3 is 2.71 bits per heavy atom. The molecular weight excluding hydrogens is 428 g/mol. The smallest absolute Gasteiger partial charge is 0.311 e. The van der Waals surface area contributed by atoms with Crippen molar-refractivity contribution in [1.82, 2.24) is 9.78 Å². The Morgan fingerprint density at radius 1 is 1.43 bits per heavy atom. The lowest BCUT2D eigenvalue weighted by molar-refractivity contribution is 0.0507. The van der Waals surface area contributed by atoms with Crippen LogP contribution in [0.15, 0.2) is 29.6 Å². The van der Waals surface area contributed by atoms with Crippen LogP contribution in [-0.4, -0.2) is 21.5 Å². The minimum absolute atomic E-state index is 0.219. The molecule has 0 aliphatic carbocycles. The summed E-state index contributed by atoms with van der Waals surface area (Å²) in [7, 11) is 1.72. The molecule has 0 saturated heterocycles. The molecule has 110 valence electrons. The number of aryl methyl sites for hydroxylation is 1. The number of carbonyl (C=O) groups excluding carboxylic acids is 1. The Morgan fingerprint density at radius 2 is 2.14 bits per heavy atom. The molecule has 0 fully saturated rings. The average molecular weight is 438 g/mol. The number of benzene rings is 1. The summed E-state index contributed by atoms with van der Waals surface area (Å²) in [5.41, 5.74) is 1.33. The van der Waals surface area contributed by atoms with Crippen LogP contribution in [0.3, 0.4) is 0 Å². The monoisotopic (exact) mass is 437 g/mol. The topological polar surface area (TPSA) is 56.5 Å². The molecule has 2 rings (SSSR count). The van der Waals surface area contributed by atoms with Gasteiger partial charge in [0.15, 0.2) is 5.69 Å². The molecule has 0 saturated carbocycles. The van der Waals surface area contributed by atoms with Gasteiger partial charge in [-0.05, 0) is 41.6 Å². The van der Waals surface area contributed by atoms with E-state index in [0.29, 0.717) is 24.9 Å². The summed E-state index contributed by atoms with van der Waals surface area (Å²) in [4.78, 5) is 16.8. The first kappa shape index (κ1) is 16.3. The van der Waals surface area contributed by atoms with Gasteiger partial charge >= 0.3 is 5.97 Å². The van der Waals surface area contributed by atoms with Crippen LogP contribution in [0, 0.1) is 3.57 Å². The fourth-order valence-corrected chi connectivity index (χ4v) is 2.86. The van der Waals surface area contributed by atoms with Gasteiger partial charge in [0.2, 0.25) is 0 Å². The Bertz CT molecular complexity index is 728. The molecule has 21 heavy (non-hydrogen) atoms. The summed E-state index contributed by atoms with van der Waals surface area (Å²) in [6, 6.07) is 4.99. The average Bonchev–Trinajstić information content (AvgIpc) is 2.74. The molecule has 1 aromatic heterocycles. The maximum atomic E-state index is 11.9. The van der Waals surface area contributed by atoms with Gasteiger partial charge in [0.05, 0.1) is 14.3 Å². The molecule has 0 atom stereocenters. The molecule has 0 radical (unpaired) electrons. The number of nitrogens with zero attached hydrogens (tertiary/aromatic N) is 3. The second kappa shape index (κ2) is 6.76. The lowest BCUT2D eigenvalue weighted by atomic mass is 10.1. The maximum Gasteiger partial charge on any atom is 0.386 e. The van der Waals surface area contributed by atoms with Gasteiger partial charge in [-0.25, -0.2) is 4.79 Å². The van der Waals surface area contributed by atoms with Crippen molar-refractivity contribution in [2.24, 2.45) is 12.2 Å². The summed E-state index contributed by atoms with van der Waals surface area (Å²) in [6.45, 7) is 1.69. The molecule has 0 aliphatic rings. The fraction of sp³-hybridized carbons (Fsp3) is 0.154. The number of aromatic nitrogens is 2. The Labute approximate surface area is 145 Å². The highest BCUT2D eigenvalue weighted by Crippen LogP contribution is 2.21. The zero-order chi connectivity index (χ0) is 15.6. The molecule has 0 bridgehead atoms. The van der Waals surface area contributed by atoms with E-state index >= 15 is 0 Å². The third-order valence-electron chi connectivity index (χ3n) is 2.56. The van der Waals surface area contributed by atoms with Gasteiger partial charge in [-0.3, -0.25) is 4.68 Å². The number of rotatable bonds is 3. The normalized spacial score (nSPS) is 11.6. The number of halogens is 3. The van der Waals surface area contributed by atoms with E-state index < -0.39 is 5.97 Å². The van der Waals surface area contributed by atoms with Crippen molar-refractivity contribution in [3.8, 4) is 0 Å². The van der Waals surface area contributed by atoms with Gasteiger partial charge in [-0.2, -0.15) is 5.10 Å². The molecule has 5 nitrogen and oxygen atoms in total. The van der Waals surface area contributed by atoms with Crippen LogP contribution in [0.4, 0.5) is 0 Å². The van der Waals surface area contributed by atoms with Crippen molar-refractivity contribution >= 4 is 57.5 Å². The van der Waals surface area contributed by atoms with Crippen LogP contribution in [-0.2, 0) is 11.9 Å². The SMILES string of the molecule is CC(=NOC(=O)c1nn(C)cc1I)c1ccc(Cl)cc1Cl. The predicted molar refractivity (Wildman–Crippen MR) is 90.0 cm³/mol. The van der Waals surface area contributed by atoms with Crippen LogP contribution in [0.1, 0.15) is 23.0 Å². The highest BCUT2D eigenvalue weighted by Gasteiger charge is 2.16. The summed E-state index contributed by atoms with van der Waals surface area (Å²) in [5.74, 6) is -0.621. The molecule has 1 heterocycles. The standard InChI is InChI=1S/C13H10Cl2IN3O2/c1-7(9-4-3-8(14)5-10(9)15)18-21-13(20)12-11(16)6-19(2)17-12/h3-6H,1-2H3. The van der Waals surface area contributed by atoms with Crippen molar-refractivity contribution < 1.29 is 9.63 Å². The van der Waals surface area contributed by atoms with Gasteiger partial charge in [-0.15, -0.1) is 0 Å². The molecule has 2 aromatic rings. The van der Waals surface area contributed by atoms with Gasteiger partial charge in [0.25, 0.3) is 0 Å². The summed E-state index contributed by atoms with van der Waals surface area (Å²) in [5, 5.41) is 8.77. The zero-order valence-electron chi connectivity index (χ0n) is 11.1. The minimum Gasteiger partial charge on any atom is -0.311 e. The maximum absolute atomic E-state index is 11.9. The van der Waals surface area contributed by atoms with Gasteiger partial charge < -0.3 is 4.84 Å². The Kier molecular flexibility index (Phi) is 5.23. The molecule has 0 unspecified atom stereocenters. The van der Waals surface area contributed by atoms with Crippen molar-refractivity contribution in [2.45, 2.75) is 6.92 Å². The van der Waals surface area contributed by atoms with Crippen molar-refractivity contribution in [3.63, 3.8) is 0 Å². The molecule has 8 heteroatoms. The number of hydrogen-bond donors (Lipinski definition) is 0. The van der Waals surface area contributed by atoms with E-state index in [1.54, 1.807) is 38.4 Å². The van der Waals surface area contributed by atoms with Crippen molar-refractivity contribution in [1.29, 1.82) is 0 Å². The first-order valence-electron chi connectivity index (χ1n) is 5.79. The van der Waals surface area contributed by atoms with Crippen LogP contribution < -0.4 is 0 Å². The van der Waals surface area contributed by atoms with Crippen LogP contribution >= 0.6 is 45.8 Å². The van der Waals surface area contributed by atoms with E-state index in [0.717, 1.165) is 0 Å². The largest absolute Gasteiger partial charge is 0.386 e. The minimum atomic E-state index is -0.621. The molecule has 0 amide bonds. The molecule has 0 spiro atoms. The van der Waals surface area contributed by atoms with E-state index in [1.807, 2.05) is 22.6 Å².